The Balaban J connectivity index is 1.89. The number of amides is 1. The van der Waals surface area contributed by atoms with Crippen molar-refractivity contribution in [1.82, 2.24) is 14.9 Å². The van der Waals surface area contributed by atoms with Crippen LogP contribution >= 0.6 is 0 Å². The van der Waals surface area contributed by atoms with Gasteiger partial charge in [-0.05, 0) is 44.0 Å². The van der Waals surface area contributed by atoms with Gasteiger partial charge in [0, 0.05) is 12.7 Å². The van der Waals surface area contributed by atoms with Crippen molar-refractivity contribution in [2.75, 3.05) is 6.54 Å². The van der Waals surface area contributed by atoms with Crippen molar-refractivity contribution in [3.63, 3.8) is 0 Å². The standard InChI is InChI=1S/C17H16F3N3O/c1-11-12(7-8-15(22-11)17(18,19)20)16(24)23-10-4-6-14(23)13-5-2-3-9-21-13/h2-3,5,7-9,14H,4,6,10H2,1H3/t14-/m0/s1. The Hall–Kier alpha value is -2.44. The van der Waals surface area contributed by atoms with Crippen LogP contribution in [0, 0.1) is 6.92 Å². The maximum Gasteiger partial charge on any atom is 0.433 e. The highest BCUT2D eigenvalue weighted by Crippen LogP contribution is 2.33. The number of pyridine rings is 2. The number of hydrogen-bond donors (Lipinski definition) is 0. The molecule has 1 aliphatic rings. The van der Waals surface area contributed by atoms with E-state index in [1.807, 2.05) is 12.1 Å². The Morgan fingerprint density at radius 2 is 2.04 bits per heavy atom. The van der Waals surface area contributed by atoms with E-state index in [1.165, 1.54) is 13.0 Å². The van der Waals surface area contributed by atoms with Crippen LogP contribution in [0.1, 0.15) is 46.3 Å². The van der Waals surface area contributed by atoms with E-state index in [0.29, 0.717) is 6.54 Å². The van der Waals surface area contributed by atoms with E-state index in [9.17, 15) is 18.0 Å². The van der Waals surface area contributed by atoms with Gasteiger partial charge >= 0.3 is 6.18 Å². The summed E-state index contributed by atoms with van der Waals surface area (Å²) in [6, 6.07) is 7.42. The molecule has 24 heavy (non-hydrogen) atoms. The van der Waals surface area contributed by atoms with Gasteiger partial charge in [0.15, 0.2) is 0 Å². The average molecular weight is 335 g/mol. The lowest BCUT2D eigenvalue weighted by Crippen LogP contribution is -2.31. The van der Waals surface area contributed by atoms with E-state index in [2.05, 4.69) is 9.97 Å². The Bertz CT molecular complexity index is 746. The minimum absolute atomic E-state index is 0.0847. The van der Waals surface area contributed by atoms with Crippen LogP contribution in [0.3, 0.4) is 0 Å². The van der Waals surface area contributed by atoms with E-state index in [0.717, 1.165) is 24.6 Å². The zero-order valence-electron chi connectivity index (χ0n) is 13.0. The topological polar surface area (TPSA) is 46.1 Å². The first kappa shape index (κ1) is 16.4. The van der Waals surface area contributed by atoms with Crippen LogP contribution in [-0.4, -0.2) is 27.3 Å². The van der Waals surface area contributed by atoms with Crippen molar-refractivity contribution in [1.29, 1.82) is 0 Å². The number of aromatic nitrogens is 2. The van der Waals surface area contributed by atoms with Gasteiger partial charge in [0.2, 0.25) is 0 Å². The molecule has 0 N–H and O–H groups in total. The summed E-state index contributed by atoms with van der Waals surface area (Å²) in [5.41, 5.74) is 0.0902. The molecule has 1 fully saturated rings. The van der Waals surface area contributed by atoms with Crippen molar-refractivity contribution in [2.45, 2.75) is 32.0 Å². The van der Waals surface area contributed by atoms with Gasteiger partial charge in [-0.2, -0.15) is 13.2 Å². The van der Waals surface area contributed by atoms with E-state index >= 15 is 0 Å². The summed E-state index contributed by atoms with van der Waals surface area (Å²) in [5, 5.41) is 0. The Morgan fingerprint density at radius 3 is 2.67 bits per heavy atom. The number of alkyl halides is 3. The van der Waals surface area contributed by atoms with Crippen molar-refractivity contribution < 1.29 is 18.0 Å². The van der Waals surface area contributed by atoms with Gasteiger partial charge in [-0.3, -0.25) is 9.78 Å². The predicted octanol–water partition coefficient (Wildman–Crippen LogP) is 3.78. The smallest absolute Gasteiger partial charge is 0.330 e. The minimum Gasteiger partial charge on any atom is -0.330 e. The second-order valence-corrected chi connectivity index (χ2v) is 5.74. The number of carbonyl (C=O) groups is 1. The fourth-order valence-electron chi connectivity index (χ4n) is 2.99. The molecule has 3 rings (SSSR count). The lowest BCUT2D eigenvalue weighted by molar-refractivity contribution is -0.141. The number of nitrogens with zero attached hydrogens (tertiary/aromatic N) is 3. The molecule has 0 unspecified atom stereocenters. The lowest BCUT2D eigenvalue weighted by Gasteiger charge is -2.25. The van der Waals surface area contributed by atoms with Crippen molar-refractivity contribution in [2.24, 2.45) is 0 Å². The maximum atomic E-state index is 12.8. The molecule has 3 heterocycles. The van der Waals surface area contributed by atoms with Gasteiger partial charge in [0.25, 0.3) is 5.91 Å². The van der Waals surface area contributed by atoms with Gasteiger partial charge in [-0.1, -0.05) is 6.07 Å². The number of halogens is 3. The molecule has 1 saturated heterocycles. The van der Waals surface area contributed by atoms with Gasteiger partial charge in [-0.15, -0.1) is 0 Å². The van der Waals surface area contributed by atoms with Gasteiger partial charge in [0.05, 0.1) is 23.0 Å². The molecular weight excluding hydrogens is 319 g/mol. The molecular formula is C17H16F3N3O. The van der Waals surface area contributed by atoms with Crippen molar-refractivity contribution >= 4 is 5.91 Å². The number of likely N-dealkylation sites (tertiary alicyclic amines) is 1. The van der Waals surface area contributed by atoms with Gasteiger partial charge < -0.3 is 4.90 Å². The molecule has 2 aromatic heterocycles. The third-order valence-corrected chi connectivity index (χ3v) is 4.15. The zero-order chi connectivity index (χ0) is 17.3. The molecule has 7 heteroatoms. The quantitative estimate of drug-likeness (QED) is 0.839. The summed E-state index contributed by atoms with van der Waals surface area (Å²) in [6.07, 6.45) is -1.23. The monoisotopic (exact) mass is 335 g/mol. The van der Waals surface area contributed by atoms with Crippen LogP contribution in [0.2, 0.25) is 0 Å². The summed E-state index contributed by atoms with van der Waals surface area (Å²) >= 11 is 0. The van der Waals surface area contributed by atoms with E-state index in [1.54, 1.807) is 17.2 Å². The second-order valence-electron chi connectivity index (χ2n) is 5.74. The molecule has 1 atom stereocenters. The summed E-state index contributed by atoms with van der Waals surface area (Å²) in [4.78, 5) is 22.3. The normalized spacial score (nSPS) is 18.0. The van der Waals surface area contributed by atoms with E-state index in [-0.39, 0.29) is 23.2 Å². The Labute approximate surface area is 137 Å². The van der Waals surface area contributed by atoms with Crippen LogP contribution in [0.5, 0.6) is 0 Å². The molecule has 0 radical (unpaired) electrons. The molecule has 0 saturated carbocycles. The number of aryl methyl sites for hydroxylation is 1. The maximum absolute atomic E-state index is 12.8. The average Bonchev–Trinajstić information content (AvgIpc) is 3.03. The van der Waals surface area contributed by atoms with Crippen LogP contribution in [0.4, 0.5) is 13.2 Å². The Kier molecular flexibility index (Phi) is 4.26. The number of hydrogen-bond acceptors (Lipinski definition) is 3. The molecule has 0 bridgehead atoms. The SMILES string of the molecule is Cc1nc(C(F)(F)F)ccc1C(=O)N1CCC[C@H]1c1ccccn1. The number of rotatable bonds is 2. The van der Waals surface area contributed by atoms with Gasteiger partial charge in [0.1, 0.15) is 5.69 Å². The van der Waals surface area contributed by atoms with Crippen LogP contribution < -0.4 is 0 Å². The van der Waals surface area contributed by atoms with Crippen molar-refractivity contribution in [3.8, 4) is 0 Å². The van der Waals surface area contributed by atoms with E-state index < -0.39 is 11.9 Å². The first-order valence-electron chi connectivity index (χ1n) is 7.64. The second kappa shape index (κ2) is 6.22. The zero-order valence-corrected chi connectivity index (χ0v) is 13.0. The molecule has 0 aliphatic carbocycles. The predicted molar refractivity (Wildman–Crippen MR) is 81.2 cm³/mol. The van der Waals surface area contributed by atoms with Gasteiger partial charge in [-0.25, -0.2) is 4.98 Å². The molecule has 2 aromatic rings. The largest absolute Gasteiger partial charge is 0.433 e. The highest BCUT2D eigenvalue weighted by atomic mass is 19.4. The fraction of sp³-hybridized carbons (Fsp3) is 0.353. The molecule has 4 nitrogen and oxygen atoms in total. The third kappa shape index (κ3) is 3.11. The Morgan fingerprint density at radius 1 is 1.25 bits per heavy atom. The first-order valence-corrected chi connectivity index (χ1v) is 7.64. The van der Waals surface area contributed by atoms with Crippen LogP contribution in [-0.2, 0) is 6.18 Å². The molecule has 0 aromatic carbocycles. The molecule has 126 valence electrons. The van der Waals surface area contributed by atoms with E-state index in [4.69, 9.17) is 0 Å². The molecule has 0 spiro atoms. The summed E-state index contributed by atoms with van der Waals surface area (Å²) in [5.74, 6) is -0.304. The molecule has 1 aliphatic heterocycles. The van der Waals surface area contributed by atoms with Crippen LogP contribution in [0.15, 0.2) is 36.5 Å². The first-order chi connectivity index (χ1) is 11.4. The highest BCUT2D eigenvalue weighted by Gasteiger charge is 2.35. The summed E-state index contributed by atoms with van der Waals surface area (Å²) < 4.78 is 38.2. The minimum atomic E-state index is -4.52. The van der Waals surface area contributed by atoms with Crippen molar-refractivity contribution in [3.05, 3.63) is 59.2 Å². The summed E-state index contributed by atoms with van der Waals surface area (Å²) in [7, 11) is 0. The lowest BCUT2D eigenvalue weighted by atomic mass is 10.1. The third-order valence-electron chi connectivity index (χ3n) is 4.15. The highest BCUT2D eigenvalue weighted by molar-refractivity contribution is 5.95. The van der Waals surface area contributed by atoms with Crippen LogP contribution in [0.25, 0.3) is 0 Å². The molecule has 1 amide bonds. The number of carbonyl (C=O) groups excluding carboxylic acids is 1. The fourth-order valence-corrected chi connectivity index (χ4v) is 2.99. The summed E-state index contributed by atoms with van der Waals surface area (Å²) in [6.45, 7) is 1.98.